The maximum Gasteiger partial charge on any atom is 0.409 e. The topological polar surface area (TPSA) is 94.3 Å². The van der Waals surface area contributed by atoms with E-state index in [1.54, 1.807) is 4.90 Å². The van der Waals surface area contributed by atoms with Gasteiger partial charge in [-0.2, -0.15) is 0 Å². The summed E-state index contributed by atoms with van der Waals surface area (Å²) in [5.74, 6) is 0. The molecule has 0 atom stereocenters. The number of hydrogen-bond acceptors (Lipinski definition) is 6. The normalized spacial score (nSPS) is 10.5. The first-order valence-corrected chi connectivity index (χ1v) is 6.64. The van der Waals surface area contributed by atoms with Gasteiger partial charge in [0.05, 0.1) is 33.0 Å². The van der Waals surface area contributed by atoms with E-state index in [0.717, 1.165) is 6.42 Å². The summed E-state index contributed by atoms with van der Waals surface area (Å²) in [5.41, 5.74) is 5.43. The molecule has 0 saturated carbocycles. The first kappa shape index (κ1) is 18.1. The Hall–Kier alpha value is -0.890. The van der Waals surface area contributed by atoms with E-state index in [4.69, 9.17) is 25.1 Å². The molecule has 0 heterocycles. The molecule has 3 N–H and O–H groups in total. The van der Waals surface area contributed by atoms with Crippen molar-refractivity contribution in [2.75, 3.05) is 59.3 Å². The molecule has 0 spiro atoms. The minimum Gasteiger partial charge on any atom is -0.447 e. The van der Waals surface area contributed by atoms with Gasteiger partial charge in [0.15, 0.2) is 0 Å². The van der Waals surface area contributed by atoms with Crippen LogP contribution in [-0.4, -0.2) is 75.4 Å². The average molecular weight is 278 g/mol. The third kappa shape index (κ3) is 10.7. The van der Waals surface area contributed by atoms with Crippen LogP contribution in [-0.2, 0) is 14.2 Å². The molecule has 0 aliphatic carbocycles. The lowest BCUT2D eigenvalue weighted by Gasteiger charge is -2.20. The molecule has 0 saturated heterocycles. The molecule has 0 fully saturated rings. The zero-order valence-corrected chi connectivity index (χ0v) is 11.7. The molecular formula is C12H26N2O5. The number of rotatable bonds is 12. The van der Waals surface area contributed by atoms with Crippen LogP contribution in [0.15, 0.2) is 0 Å². The fraction of sp³-hybridized carbons (Fsp3) is 0.917. The highest BCUT2D eigenvalue weighted by atomic mass is 16.6. The molecule has 19 heavy (non-hydrogen) atoms. The molecule has 7 heteroatoms. The molecular weight excluding hydrogens is 252 g/mol. The Labute approximate surface area is 114 Å². The number of nitrogens with two attached hydrogens (primary N) is 1. The van der Waals surface area contributed by atoms with Crippen LogP contribution in [0.5, 0.6) is 0 Å². The number of carbonyl (C=O) groups excluding carboxylic acids is 1. The lowest BCUT2D eigenvalue weighted by Crippen LogP contribution is -2.36. The minimum absolute atomic E-state index is 0.00597. The Balaban J connectivity index is 3.50. The zero-order valence-electron chi connectivity index (χ0n) is 11.7. The van der Waals surface area contributed by atoms with Gasteiger partial charge >= 0.3 is 6.09 Å². The van der Waals surface area contributed by atoms with Crippen molar-refractivity contribution in [3.05, 3.63) is 0 Å². The second kappa shape index (κ2) is 13.5. The van der Waals surface area contributed by atoms with Crippen LogP contribution in [0.25, 0.3) is 0 Å². The highest BCUT2D eigenvalue weighted by Gasteiger charge is 2.12. The number of amides is 1. The van der Waals surface area contributed by atoms with Crippen molar-refractivity contribution in [1.82, 2.24) is 4.90 Å². The van der Waals surface area contributed by atoms with Gasteiger partial charge in [-0.3, -0.25) is 0 Å². The lowest BCUT2D eigenvalue weighted by molar-refractivity contribution is 0.0143. The fourth-order valence-corrected chi connectivity index (χ4v) is 1.39. The minimum atomic E-state index is -0.354. The van der Waals surface area contributed by atoms with Crippen molar-refractivity contribution in [2.24, 2.45) is 5.73 Å². The summed E-state index contributed by atoms with van der Waals surface area (Å²) < 4.78 is 15.3. The molecule has 0 aromatic heterocycles. The zero-order chi connectivity index (χ0) is 14.3. The van der Waals surface area contributed by atoms with Gasteiger partial charge in [0.1, 0.15) is 6.61 Å². The first-order chi connectivity index (χ1) is 9.26. The number of nitrogens with zero attached hydrogens (tertiary/aromatic N) is 1. The van der Waals surface area contributed by atoms with Crippen LogP contribution in [0, 0.1) is 0 Å². The van der Waals surface area contributed by atoms with E-state index < -0.39 is 0 Å². The van der Waals surface area contributed by atoms with Gasteiger partial charge in [0, 0.05) is 19.6 Å². The Bertz CT molecular complexity index is 210. The molecule has 7 nitrogen and oxygen atoms in total. The number of carbonyl (C=O) groups is 1. The van der Waals surface area contributed by atoms with Crippen molar-refractivity contribution in [2.45, 2.75) is 13.3 Å². The summed E-state index contributed by atoms with van der Waals surface area (Å²) in [4.78, 5) is 13.2. The summed E-state index contributed by atoms with van der Waals surface area (Å²) in [6.45, 7) is 5.26. The number of aliphatic hydroxyl groups is 1. The summed E-state index contributed by atoms with van der Waals surface area (Å²) in [6, 6.07) is 0. The molecule has 114 valence electrons. The predicted molar refractivity (Wildman–Crippen MR) is 71.0 cm³/mol. The van der Waals surface area contributed by atoms with Gasteiger partial charge in [-0.05, 0) is 6.42 Å². The van der Waals surface area contributed by atoms with Crippen LogP contribution in [0.4, 0.5) is 4.79 Å². The van der Waals surface area contributed by atoms with Gasteiger partial charge in [-0.15, -0.1) is 0 Å². The molecule has 0 radical (unpaired) electrons. The summed E-state index contributed by atoms with van der Waals surface area (Å²) in [5, 5.41) is 8.47. The molecule has 0 aromatic rings. The van der Waals surface area contributed by atoms with Gasteiger partial charge in [0.2, 0.25) is 0 Å². The highest BCUT2D eigenvalue weighted by Crippen LogP contribution is 1.95. The van der Waals surface area contributed by atoms with E-state index in [1.807, 2.05) is 6.92 Å². The third-order valence-electron chi connectivity index (χ3n) is 2.21. The number of hydrogen-bond donors (Lipinski definition) is 2. The largest absolute Gasteiger partial charge is 0.447 e. The lowest BCUT2D eigenvalue weighted by atomic mass is 10.4. The standard InChI is InChI=1S/C12H26N2O5/c1-2-4-14(5-3-13)12(16)19-11-10-18-9-8-17-7-6-15/h15H,2-11,13H2,1H3. The molecule has 0 aromatic carbocycles. The highest BCUT2D eigenvalue weighted by molar-refractivity contribution is 5.67. The Kier molecular flexibility index (Phi) is 12.9. The SMILES string of the molecule is CCCN(CCN)C(=O)OCCOCCOCCO. The molecule has 0 aliphatic heterocycles. The molecule has 0 rings (SSSR count). The molecule has 0 bridgehead atoms. The quantitative estimate of drug-likeness (QED) is 0.481. The average Bonchev–Trinajstić information content (AvgIpc) is 2.41. The molecule has 1 amide bonds. The van der Waals surface area contributed by atoms with Crippen LogP contribution in [0.2, 0.25) is 0 Å². The summed E-state index contributed by atoms with van der Waals surface area (Å²) in [6.07, 6.45) is 0.515. The Morgan fingerprint density at radius 2 is 1.74 bits per heavy atom. The maximum atomic E-state index is 11.6. The molecule has 0 unspecified atom stereocenters. The van der Waals surface area contributed by atoms with E-state index >= 15 is 0 Å². The number of ether oxygens (including phenoxy) is 3. The van der Waals surface area contributed by atoms with E-state index in [0.29, 0.717) is 46.1 Å². The smallest absolute Gasteiger partial charge is 0.409 e. The van der Waals surface area contributed by atoms with Crippen LogP contribution in [0.1, 0.15) is 13.3 Å². The van der Waals surface area contributed by atoms with Crippen molar-refractivity contribution in [3.63, 3.8) is 0 Å². The van der Waals surface area contributed by atoms with Crippen molar-refractivity contribution >= 4 is 6.09 Å². The maximum absolute atomic E-state index is 11.6. The Morgan fingerprint density at radius 1 is 1.11 bits per heavy atom. The van der Waals surface area contributed by atoms with E-state index in [9.17, 15) is 4.79 Å². The first-order valence-electron chi connectivity index (χ1n) is 6.64. The summed E-state index contributed by atoms with van der Waals surface area (Å²) in [7, 11) is 0. The predicted octanol–water partition coefficient (Wildman–Crippen LogP) is -0.181. The number of aliphatic hydroxyl groups excluding tert-OH is 1. The second-order valence-corrected chi connectivity index (χ2v) is 3.84. The van der Waals surface area contributed by atoms with Crippen molar-refractivity contribution in [1.29, 1.82) is 0 Å². The van der Waals surface area contributed by atoms with Gasteiger partial charge < -0.3 is 30.0 Å². The molecule has 0 aliphatic rings. The van der Waals surface area contributed by atoms with Crippen molar-refractivity contribution < 1.29 is 24.1 Å². The van der Waals surface area contributed by atoms with Gasteiger partial charge in [-0.25, -0.2) is 4.79 Å². The van der Waals surface area contributed by atoms with E-state index in [1.165, 1.54) is 0 Å². The van der Waals surface area contributed by atoms with Crippen LogP contribution < -0.4 is 5.73 Å². The second-order valence-electron chi connectivity index (χ2n) is 3.84. The van der Waals surface area contributed by atoms with E-state index in [-0.39, 0.29) is 19.3 Å². The van der Waals surface area contributed by atoms with E-state index in [2.05, 4.69) is 0 Å². The van der Waals surface area contributed by atoms with Gasteiger partial charge in [0.25, 0.3) is 0 Å². The monoisotopic (exact) mass is 278 g/mol. The van der Waals surface area contributed by atoms with Crippen LogP contribution in [0.3, 0.4) is 0 Å². The van der Waals surface area contributed by atoms with Crippen LogP contribution >= 0.6 is 0 Å². The van der Waals surface area contributed by atoms with Gasteiger partial charge in [-0.1, -0.05) is 6.92 Å². The third-order valence-corrected chi connectivity index (χ3v) is 2.21. The van der Waals surface area contributed by atoms with Crippen molar-refractivity contribution in [3.8, 4) is 0 Å². The summed E-state index contributed by atoms with van der Waals surface area (Å²) >= 11 is 0. The fourth-order valence-electron chi connectivity index (χ4n) is 1.39. The Morgan fingerprint density at radius 3 is 2.32 bits per heavy atom.